The SMILES string of the molecule is COC(=O)c1ccc(Br)c(S(=O)(=O)N(C)C)c1. The largest absolute Gasteiger partial charge is 0.465 e. The van der Waals surface area contributed by atoms with E-state index in [4.69, 9.17) is 0 Å². The Bertz CT molecular complexity index is 539. The van der Waals surface area contributed by atoms with Crippen molar-refractivity contribution >= 4 is 31.9 Å². The molecular formula is C10H12BrNO4S. The van der Waals surface area contributed by atoms with Gasteiger partial charge in [0.2, 0.25) is 10.0 Å². The molecule has 7 heteroatoms. The Hall–Kier alpha value is -0.920. The van der Waals surface area contributed by atoms with Crippen LogP contribution in [0.5, 0.6) is 0 Å². The van der Waals surface area contributed by atoms with E-state index in [1.165, 1.54) is 39.4 Å². The summed E-state index contributed by atoms with van der Waals surface area (Å²) in [5.41, 5.74) is 0.191. The van der Waals surface area contributed by atoms with Crippen molar-refractivity contribution in [3.05, 3.63) is 28.2 Å². The summed E-state index contributed by atoms with van der Waals surface area (Å²) < 4.78 is 29.9. The molecule has 1 aromatic carbocycles. The molecule has 1 rings (SSSR count). The lowest BCUT2D eigenvalue weighted by atomic mass is 10.2. The van der Waals surface area contributed by atoms with Crippen LogP contribution in [-0.2, 0) is 14.8 Å². The fourth-order valence-corrected chi connectivity index (χ4v) is 2.99. The summed E-state index contributed by atoms with van der Waals surface area (Å²) >= 11 is 3.15. The molecule has 0 amide bonds. The molecule has 5 nitrogen and oxygen atoms in total. The van der Waals surface area contributed by atoms with Gasteiger partial charge in [0.05, 0.1) is 17.6 Å². The fourth-order valence-electron chi connectivity index (χ4n) is 1.14. The van der Waals surface area contributed by atoms with Crippen molar-refractivity contribution in [2.75, 3.05) is 21.2 Å². The third-order valence-corrected chi connectivity index (χ3v) is 4.92. The molecular weight excluding hydrogens is 310 g/mol. The number of ether oxygens (including phenoxy) is 1. The van der Waals surface area contributed by atoms with Gasteiger partial charge >= 0.3 is 5.97 Å². The lowest BCUT2D eigenvalue weighted by molar-refractivity contribution is 0.0600. The molecule has 0 aromatic heterocycles. The van der Waals surface area contributed by atoms with E-state index in [1.807, 2.05) is 0 Å². The van der Waals surface area contributed by atoms with E-state index in [0.29, 0.717) is 4.47 Å². The quantitative estimate of drug-likeness (QED) is 0.791. The number of carbonyl (C=O) groups is 1. The van der Waals surface area contributed by atoms with Crippen LogP contribution in [0.3, 0.4) is 0 Å². The molecule has 0 N–H and O–H groups in total. The van der Waals surface area contributed by atoms with Crippen LogP contribution in [0.15, 0.2) is 27.6 Å². The van der Waals surface area contributed by atoms with Crippen molar-refractivity contribution < 1.29 is 17.9 Å². The minimum Gasteiger partial charge on any atom is -0.465 e. The van der Waals surface area contributed by atoms with Crippen LogP contribution in [0, 0.1) is 0 Å². The molecule has 0 saturated heterocycles. The molecule has 17 heavy (non-hydrogen) atoms. The standard InChI is InChI=1S/C10H12BrNO4S/c1-12(2)17(14,15)9-6-7(10(13)16-3)4-5-8(9)11/h4-6H,1-3H3. The van der Waals surface area contributed by atoms with E-state index in [1.54, 1.807) is 0 Å². The van der Waals surface area contributed by atoms with Crippen molar-refractivity contribution in [3.8, 4) is 0 Å². The Morgan fingerprint density at radius 1 is 1.35 bits per heavy atom. The van der Waals surface area contributed by atoms with E-state index in [2.05, 4.69) is 20.7 Å². The summed E-state index contributed by atoms with van der Waals surface area (Å²) in [6.45, 7) is 0. The van der Waals surface area contributed by atoms with E-state index >= 15 is 0 Å². The van der Waals surface area contributed by atoms with Crippen LogP contribution in [0.4, 0.5) is 0 Å². The van der Waals surface area contributed by atoms with Crippen molar-refractivity contribution in [3.63, 3.8) is 0 Å². The zero-order valence-corrected chi connectivity index (χ0v) is 12.0. The average molecular weight is 322 g/mol. The average Bonchev–Trinajstić information content (AvgIpc) is 2.28. The second kappa shape index (κ2) is 5.16. The molecule has 0 saturated carbocycles. The maximum atomic E-state index is 12.0. The van der Waals surface area contributed by atoms with E-state index in [0.717, 1.165) is 4.31 Å². The van der Waals surface area contributed by atoms with Gasteiger partial charge in [-0.05, 0) is 34.1 Å². The molecule has 0 aliphatic rings. The molecule has 0 fully saturated rings. The first kappa shape index (κ1) is 14.1. The molecule has 0 atom stereocenters. The van der Waals surface area contributed by atoms with Gasteiger partial charge in [0.1, 0.15) is 0 Å². The van der Waals surface area contributed by atoms with Crippen molar-refractivity contribution in [2.24, 2.45) is 0 Å². The van der Waals surface area contributed by atoms with Gasteiger partial charge in [0, 0.05) is 18.6 Å². The summed E-state index contributed by atoms with van der Waals surface area (Å²) in [7, 11) is 0.494. The highest BCUT2D eigenvalue weighted by Crippen LogP contribution is 2.25. The Kier molecular flexibility index (Phi) is 4.29. The van der Waals surface area contributed by atoms with E-state index in [-0.39, 0.29) is 10.5 Å². The number of nitrogens with zero attached hydrogens (tertiary/aromatic N) is 1. The number of esters is 1. The van der Waals surface area contributed by atoms with Crippen molar-refractivity contribution in [1.82, 2.24) is 4.31 Å². The van der Waals surface area contributed by atoms with E-state index in [9.17, 15) is 13.2 Å². The van der Waals surface area contributed by atoms with Crippen LogP contribution in [0.1, 0.15) is 10.4 Å². The minimum absolute atomic E-state index is 0.0328. The van der Waals surface area contributed by atoms with Gasteiger partial charge in [-0.2, -0.15) is 0 Å². The van der Waals surface area contributed by atoms with Crippen LogP contribution >= 0.6 is 15.9 Å². The normalized spacial score (nSPS) is 11.6. The smallest absolute Gasteiger partial charge is 0.337 e. The van der Waals surface area contributed by atoms with Gasteiger partial charge in [-0.15, -0.1) is 0 Å². The molecule has 0 bridgehead atoms. The maximum absolute atomic E-state index is 12.0. The minimum atomic E-state index is -3.59. The number of carbonyl (C=O) groups excluding carboxylic acids is 1. The summed E-state index contributed by atoms with van der Waals surface area (Å²) in [6.07, 6.45) is 0. The molecule has 1 aromatic rings. The summed E-state index contributed by atoms with van der Waals surface area (Å²) in [5.74, 6) is -0.576. The second-order valence-corrected chi connectivity index (χ2v) is 6.40. The number of hydrogen-bond acceptors (Lipinski definition) is 4. The molecule has 0 heterocycles. The van der Waals surface area contributed by atoms with Crippen molar-refractivity contribution in [1.29, 1.82) is 0 Å². The van der Waals surface area contributed by atoms with Gasteiger partial charge in [-0.1, -0.05) is 0 Å². The highest BCUT2D eigenvalue weighted by Gasteiger charge is 2.22. The lowest BCUT2D eigenvalue weighted by Crippen LogP contribution is -2.23. The monoisotopic (exact) mass is 321 g/mol. The summed E-state index contributed by atoms with van der Waals surface area (Å²) in [6, 6.07) is 4.28. The predicted octanol–water partition coefficient (Wildman–Crippen LogP) is 1.49. The first-order valence-corrected chi connectivity index (χ1v) is 6.84. The molecule has 0 spiro atoms. The number of halogens is 1. The first-order valence-electron chi connectivity index (χ1n) is 4.61. The van der Waals surface area contributed by atoms with Gasteiger partial charge in [0.25, 0.3) is 0 Å². The summed E-state index contributed by atoms with van der Waals surface area (Å²) in [5, 5.41) is 0. The molecule has 0 radical (unpaired) electrons. The number of sulfonamides is 1. The zero-order chi connectivity index (χ0) is 13.2. The fraction of sp³-hybridized carbons (Fsp3) is 0.300. The third-order valence-electron chi connectivity index (χ3n) is 2.11. The van der Waals surface area contributed by atoms with Crippen molar-refractivity contribution in [2.45, 2.75) is 4.90 Å². The Morgan fingerprint density at radius 3 is 2.41 bits per heavy atom. The Balaban J connectivity index is 3.40. The predicted molar refractivity (Wildman–Crippen MR) is 66.4 cm³/mol. The van der Waals surface area contributed by atoms with Crippen LogP contribution in [-0.4, -0.2) is 39.9 Å². The zero-order valence-electron chi connectivity index (χ0n) is 9.60. The third kappa shape index (κ3) is 2.85. The molecule has 94 valence electrons. The molecule has 0 aliphatic carbocycles. The second-order valence-electron chi connectivity index (χ2n) is 3.42. The Labute approximate surface area is 109 Å². The topological polar surface area (TPSA) is 63.7 Å². The number of benzene rings is 1. The van der Waals surface area contributed by atoms with Crippen LogP contribution in [0.2, 0.25) is 0 Å². The highest BCUT2D eigenvalue weighted by molar-refractivity contribution is 9.10. The number of rotatable bonds is 3. The number of hydrogen-bond donors (Lipinski definition) is 0. The van der Waals surface area contributed by atoms with Gasteiger partial charge in [-0.3, -0.25) is 0 Å². The van der Waals surface area contributed by atoms with Gasteiger partial charge in [-0.25, -0.2) is 17.5 Å². The van der Waals surface area contributed by atoms with Gasteiger partial charge in [0.15, 0.2) is 0 Å². The first-order chi connectivity index (χ1) is 7.80. The number of methoxy groups -OCH3 is 1. The van der Waals surface area contributed by atoms with Crippen LogP contribution < -0.4 is 0 Å². The Morgan fingerprint density at radius 2 is 1.94 bits per heavy atom. The summed E-state index contributed by atoms with van der Waals surface area (Å²) in [4.78, 5) is 11.4. The highest BCUT2D eigenvalue weighted by atomic mass is 79.9. The maximum Gasteiger partial charge on any atom is 0.337 e. The van der Waals surface area contributed by atoms with E-state index < -0.39 is 16.0 Å². The lowest BCUT2D eigenvalue weighted by Gasteiger charge is -2.13. The molecule has 0 aliphatic heterocycles. The molecule has 0 unspecified atom stereocenters. The van der Waals surface area contributed by atoms with Gasteiger partial charge < -0.3 is 4.74 Å². The van der Waals surface area contributed by atoms with Crippen LogP contribution in [0.25, 0.3) is 0 Å².